The van der Waals surface area contributed by atoms with E-state index in [9.17, 15) is 5.26 Å². The molecule has 0 amide bonds. The van der Waals surface area contributed by atoms with Crippen LogP contribution in [0.1, 0.15) is 23.2 Å². The molecular weight excluding hydrogens is 731 g/mol. The van der Waals surface area contributed by atoms with Gasteiger partial charge < -0.3 is 18.3 Å². The second-order valence-electron chi connectivity index (χ2n) is 15.9. The summed E-state index contributed by atoms with van der Waals surface area (Å²) in [7, 11) is 0. The fraction of sp³-hybridized carbons (Fsp3) is 0.0364. The molecule has 0 fully saturated rings. The SMILES string of the molecule is N#Cc1c(-n2c3ccccc3c3ccccc32)c(-n2c3c(c4ccccc42)CCC=C3)cc(-n2c3ccccc3c3ccccc32)c1-n1c2ccccc2c2ccccc21. The average molecular weight is 766 g/mol. The average Bonchev–Trinajstić information content (AvgIpc) is 4.04. The normalized spacial score (nSPS) is 12.8. The molecule has 0 N–H and O–H groups in total. The van der Waals surface area contributed by atoms with Gasteiger partial charge in [-0.25, -0.2) is 0 Å². The Morgan fingerprint density at radius 3 is 1.12 bits per heavy atom. The third-order valence-corrected chi connectivity index (χ3v) is 12.9. The van der Waals surface area contributed by atoms with Crippen LogP contribution in [0.2, 0.25) is 0 Å². The molecule has 0 spiro atoms. The van der Waals surface area contributed by atoms with Crippen molar-refractivity contribution in [2.45, 2.75) is 12.8 Å². The molecule has 0 bridgehead atoms. The van der Waals surface area contributed by atoms with Gasteiger partial charge >= 0.3 is 0 Å². The largest absolute Gasteiger partial charge is 0.307 e. The van der Waals surface area contributed by atoms with Crippen molar-refractivity contribution in [3.8, 4) is 28.8 Å². The van der Waals surface area contributed by atoms with Crippen molar-refractivity contribution < 1.29 is 0 Å². The standard InChI is InChI=1S/C55H35N5/c56-34-43-54(59-48-29-13-5-21-39(48)40-22-6-14-30-49(40)59)52(57-44-25-9-1-17-35(44)36-18-2-10-26-45(36)57)33-53(58-46-27-11-3-19-37(46)38-20-4-12-28-47(38)58)55(43)60-50-31-15-7-23-41(50)42-24-8-16-32-51(42)60/h1-3,5-19,21-33H,4,20H2. The zero-order valence-corrected chi connectivity index (χ0v) is 32.5. The van der Waals surface area contributed by atoms with E-state index in [1.807, 2.05) is 0 Å². The first-order valence-electron chi connectivity index (χ1n) is 20.7. The van der Waals surface area contributed by atoms with Gasteiger partial charge in [0, 0.05) is 43.4 Å². The molecule has 5 heteroatoms. The lowest BCUT2D eigenvalue weighted by molar-refractivity contribution is 0.957. The predicted molar refractivity (Wildman–Crippen MR) is 248 cm³/mol. The number of rotatable bonds is 4. The second kappa shape index (κ2) is 12.5. The number of benzene rings is 8. The molecule has 0 atom stereocenters. The van der Waals surface area contributed by atoms with Gasteiger partial charge in [-0.1, -0.05) is 133 Å². The molecule has 0 saturated carbocycles. The Labute approximate surface area is 345 Å². The van der Waals surface area contributed by atoms with Crippen LogP contribution in [0.3, 0.4) is 0 Å². The number of hydrogen-bond donors (Lipinski definition) is 0. The van der Waals surface area contributed by atoms with E-state index in [1.165, 1.54) is 21.7 Å². The maximum Gasteiger partial charge on any atom is 0.104 e. The zero-order valence-electron chi connectivity index (χ0n) is 32.5. The van der Waals surface area contributed by atoms with E-state index in [0.717, 1.165) is 101 Å². The lowest BCUT2D eigenvalue weighted by atomic mass is 10.0. The topological polar surface area (TPSA) is 43.5 Å². The minimum absolute atomic E-state index is 0.591. The van der Waals surface area contributed by atoms with Crippen molar-refractivity contribution in [2.75, 3.05) is 0 Å². The number of fused-ring (bicyclic) bond motifs is 12. The van der Waals surface area contributed by atoms with E-state index in [-0.39, 0.29) is 0 Å². The van der Waals surface area contributed by atoms with E-state index in [2.05, 4.69) is 212 Å². The molecule has 0 aliphatic heterocycles. The highest BCUT2D eigenvalue weighted by atomic mass is 15.1. The van der Waals surface area contributed by atoms with Crippen LogP contribution in [0.15, 0.2) is 182 Å². The third-order valence-electron chi connectivity index (χ3n) is 12.9. The quantitative estimate of drug-likeness (QED) is 0.176. The molecule has 60 heavy (non-hydrogen) atoms. The minimum Gasteiger partial charge on any atom is -0.307 e. The van der Waals surface area contributed by atoms with Crippen molar-refractivity contribution in [3.63, 3.8) is 0 Å². The summed E-state index contributed by atoms with van der Waals surface area (Å²) in [5.74, 6) is 0. The number of allylic oxidation sites excluding steroid dienone is 1. The van der Waals surface area contributed by atoms with Crippen molar-refractivity contribution in [1.82, 2.24) is 18.3 Å². The van der Waals surface area contributed by atoms with Crippen LogP contribution in [0, 0.1) is 11.3 Å². The van der Waals surface area contributed by atoms with Gasteiger partial charge in [0.15, 0.2) is 0 Å². The first-order chi connectivity index (χ1) is 29.8. The number of aromatic nitrogens is 4. The highest BCUT2D eigenvalue weighted by Crippen LogP contribution is 2.46. The number of hydrogen-bond acceptors (Lipinski definition) is 1. The summed E-state index contributed by atoms with van der Waals surface area (Å²) >= 11 is 0. The smallest absolute Gasteiger partial charge is 0.104 e. The van der Waals surface area contributed by atoms with Crippen LogP contribution in [0.5, 0.6) is 0 Å². The summed E-state index contributed by atoms with van der Waals surface area (Å²) in [6.07, 6.45) is 6.53. The Hall–Kier alpha value is -8.07. The number of para-hydroxylation sites is 7. The maximum atomic E-state index is 12.2. The molecule has 5 nitrogen and oxygen atoms in total. The van der Waals surface area contributed by atoms with Gasteiger partial charge in [-0.2, -0.15) is 5.26 Å². The Kier molecular flexibility index (Phi) is 6.85. The molecule has 1 aliphatic rings. The molecule has 8 aromatic carbocycles. The van der Waals surface area contributed by atoms with Gasteiger partial charge in [0.05, 0.1) is 61.4 Å². The van der Waals surface area contributed by atoms with Crippen LogP contribution in [-0.4, -0.2) is 18.3 Å². The fourth-order valence-electron chi connectivity index (χ4n) is 10.5. The minimum atomic E-state index is 0.591. The molecule has 4 aromatic heterocycles. The number of aryl methyl sites for hydroxylation is 1. The van der Waals surface area contributed by atoms with Gasteiger partial charge in [0.2, 0.25) is 0 Å². The van der Waals surface area contributed by atoms with Gasteiger partial charge in [0.25, 0.3) is 0 Å². The van der Waals surface area contributed by atoms with Crippen LogP contribution in [-0.2, 0) is 6.42 Å². The van der Waals surface area contributed by atoms with Crippen LogP contribution in [0.25, 0.3) is 105 Å². The molecule has 0 radical (unpaired) electrons. The molecule has 280 valence electrons. The molecule has 0 unspecified atom stereocenters. The van der Waals surface area contributed by atoms with Gasteiger partial charge in [0.1, 0.15) is 11.6 Å². The number of nitrogens with zero attached hydrogens (tertiary/aromatic N) is 5. The molecular formula is C55H35N5. The lowest BCUT2D eigenvalue weighted by Crippen LogP contribution is -2.14. The van der Waals surface area contributed by atoms with E-state index in [0.29, 0.717) is 5.56 Å². The number of nitriles is 1. The van der Waals surface area contributed by atoms with E-state index in [1.54, 1.807) is 0 Å². The zero-order chi connectivity index (χ0) is 39.5. The molecule has 4 heterocycles. The van der Waals surface area contributed by atoms with E-state index in [4.69, 9.17) is 0 Å². The van der Waals surface area contributed by atoms with Crippen LogP contribution in [0.4, 0.5) is 0 Å². The highest BCUT2D eigenvalue weighted by molar-refractivity contribution is 6.13. The lowest BCUT2D eigenvalue weighted by Gasteiger charge is -2.25. The summed E-state index contributed by atoms with van der Waals surface area (Å²) in [6, 6.07) is 65.9. The molecule has 1 aliphatic carbocycles. The molecule has 0 saturated heterocycles. The first kappa shape index (κ1) is 33.0. The van der Waals surface area contributed by atoms with Crippen molar-refractivity contribution in [1.29, 1.82) is 5.26 Å². The summed E-state index contributed by atoms with van der Waals surface area (Å²) in [6.45, 7) is 0. The Morgan fingerprint density at radius 2 is 0.717 bits per heavy atom. The van der Waals surface area contributed by atoms with Gasteiger partial charge in [-0.15, -0.1) is 0 Å². The van der Waals surface area contributed by atoms with Crippen LogP contribution < -0.4 is 0 Å². The summed E-state index contributed by atoms with van der Waals surface area (Å²) < 4.78 is 9.55. The summed E-state index contributed by atoms with van der Waals surface area (Å²) in [5.41, 5.74) is 14.1. The van der Waals surface area contributed by atoms with Crippen molar-refractivity contribution >= 4 is 82.4 Å². The Balaban J connectivity index is 1.34. The Morgan fingerprint density at radius 1 is 0.383 bits per heavy atom. The third kappa shape index (κ3) is 4.34. The Bertz CT molecular complexity index is 3700. The van der Waals surface area contributed by atoms with E-state index < -0.39 is 0 Å². The first-order valence-corrected chi connectivity index (χ1v) is 20.7. The summed E-state index contributed by atoms with van der Waals surface area (Å²) in [4.78, 5) is 0. The van der Waals surface area contributed by atoms with Crippen LogP contribution >= 0.6 is 0 Å². The van der Waals surface area contributed by atoms with Crippen molar-refractivity contribution in [2.24, 2.45) is 0 Å². The fourth-order valence-corrected chi connectivity index (χ4v) is 10.5. The maximum absolute atomic E-state index is 12.2. The summed E-state index contributed by atoms with van der Waals surface area (Å²) in [5, 5.41) is 20.3. The monoisotopic (exact) mass is 765 g/mol. The highest BCUT2D eigenvalue weighted by Gasteiger charge is 2.31. The second-order valence-corrected chi connectivity index (χ2v) is 15.9. The molecule has 13 rings (SSSR count). The van der Waals surface area contributed by atoms with Gasteiger partial charge in [-0.3, -0.25) is 0 Å². The van der Waals surface area contributed by atoms with Gasteiger partial charge in [-0.05, 0) is 73.0 Å². The van der Waals surface area contributed by atoms with E-state index >= 15 is 0 Å². The van der Waals surface area contributed by atoms with Crippen molar-refractivity contribution in [3.05, 3.63) is 199 Å². The molecule has 12 aromatic rings. The predicted octanol–water partition coefficient (Wildman–Crippen LogP) is 13.8.